The van der Waals surface area contributed by atoms with Crippen LogP contribution in [0, 0.1) is 6.92 Å². The molecule has 100 valence electrons. The van der Waals surface area contributed by atoms with E-state index in [1.165, 1.54) is 16.4 Å². The van der Waals surface area contributed by atoms with Crippen LogP contribution in [0.4, 0.5) is 5.13 Å². The van der Waals surface area contributed by atoms with Crippen LogP contribution in [-0.4, -0.2) is 28.0 Å². The largest absolute Gasteiger partial charge is 0.368 e. The molecule has 3 rings (SSSR count). The van der Waals surface area contributed by atoms with Gasteiger partial charge in [-0.15, -0.1) is 11.3 Å². The zero-order chi connectivity index (χ0) is 13.2. The van der Waals surface area contributed by atoms with Gasteiger partial charge in [-0.3, -0.25) is 10.1 Å². The predicted octanol–water partition coefficient (Wildman–Crippen LogP) is 2.69. The number of hydrogen-bond donors (Lipinski definition) is 1. The molecule has 0 aromatic carbocycles. The fourth-order valence-electron chi connectivity index (χ4n) is 1.90. The molecule has 2 aromatic heterocycles. The second kappa shape index (κ2) is 5.36. The molecule has 0 spiro atoms. The number of thiophene rings is 1. The summed E-state index contributed by atoms with van der Waals surface area (Å²) in [6, 6.07) is 4.03. The Labute approximate surface area is 118 Å². The molecule has 2 aromatic rings. The Hall–Kier alpha value is -1.31. The number of amides is 1. The van der Waals surface area contributed by atoms with Crippen LogP contribution in [-0.2, 0) is 9.53 Å². The van der Waals surface area contributed by atoms with Crippen LogP contribution < -0.4 is 5.32 Å². The molecular weight excluding hydrogens is 282 g/mol. The molecular formula is C12H13N3O2S2. The lowest BCUT2D eigenvalue weighted by molar-refractivity contribution is -0.124. The molecule has 7 heteroatoms. The fourth-order valence-corrected chi connectivity index (χ4v) is 3.34. The van der Waals surface area contributed by atoms with Crippen molar-refractivity contribution < 1.29 is 9.53 Å². The van der Waals surface area contributed by atoms with Gasteiger partial charge < -0.3 is 4.74 Å². The number of rotatable bonds is 3. The average Bonchev–Trinajstić information content (AvgIpc) is 3.07. The van der Waals surface area contributed by atoms with E-state index >= 15 is 0 Å². The van der Waals surface area contributed by atoms with Gasteiger partial charge in [0, 0.05) is 23.0 Å². The second-order valence-corrected chi connectivity index (χ2v) is 6.36. The van der Waals surface area contributed by atoms with Crippen molar-refractivity contribution in [2.24, 2.45) is 0 Å². The lowest BCUT2D eigenvalue weighted by Crippen LogP contribution is -2.26. The Balaban J connectivity index is 1.69. The Kier molecular flexibility index (Phi) is 3.58. The van der Waals surface area contributed by atoms with Crippen LogP contribution in [0.5, 0.6) is 0 Å². The molecule has 1 amide bonds. The summed E-state index contributed by atoms with van der Waals surface area (Å²) in [6.07, 6.45) is 1.38. The van der Waals surface area contributed by atoms with Gasteiger partial charge in [-0.2, -0.15) is 9.36 Å². The van der Waals surface area contributed by atoms with Gasteiger partial charge >= 0.3 is 0 Å². The number of hydrogen-bond acceptors (Lipinski definition) is 6. The first-order chi connectivity index (χ1) is 9.22. The van der Waals surface area contributed by atoms with E-state index in [1.807, 2.05) is 19.1 Å². The Bertz CT molecular complexity index is 587. The molecule has 19 heavy (non-hydrogen) atoms. The number of nitrogens with zero attached hydrogens (tertiary/aromatic N) is 2. The molecule has 0 bridgehead atoms. The summed E-state index contributed by atoms with van der Waals surface area (Å²) in [6.45, 7) is 2.70. The molecule has 0 radical (unpaired) electrons. The first-order valence-corrected chi connectivity index (χ1v) is 7.64. The molecule has 3 heterocycles. The van der Waals surface area contributed by atoms with Gasteiger partial charge in [0.05, 0.1) is 4.88 Å². The van der Waals surface area contributed by atoms with E-state index in [4.69, 9.17) is 4.74 Å². The van der Waals surface area contributed by atoms with E-state index in [9.17, 15) is 4.79 Å². The Morgan fingerprint density at radius 3 is 3.11 bits per heavy atom. The number of aryl methyl sites for hydroxylation is 1. The van der Waals surface area contributed by atoms with Crippen molar-refractivity contribution in [2.75, 3.05) is 11.9 Å². The van der Waals surface area contributed by atoms with Gasteiger partial charge in [0.15, 0.2) is 5.82 Å². The van der Waals surface area contributed by atoms with Gasteiger partial charge in [-0.05, 0) is 31.9 Å². The number of ether oxygens (including phenoxy) is 1. The van der Waals surface area contributed by atoms with Crippen molar-refractivity contribution in [1.82, 2.24) is 9.36 Å². The zero-order valence-corrected chi connectivity index (χ0v) is 12.0. The highest BCUT2D eigenvalue weighted by atomic mass is 32.1. The quantitative estimate of drug-likeness (QED) is 0.945. The molecule has 1 saturated heterocycles. The van der Waals surface area contributed by atoms with E-state index < -0.39 is 0 Å². The maximum Gasteiger partial charge on any atom is 0.255 e. The molecule has 1 N–H and O–H groups in total. The third kappa shape index (κ3) is 2.83. The molecule has 1 atom stereocenters. The smallest absolute Gasteiger partial charge is 0.255 e. The molecule has 0 aliphatic carbocycles. The maximum absolute atomic E-state index is 11.9. The van der Waals surface area contributed by atoms with E-state index in [-0.39, 0.29) is 12.0 Å². The first kappa shape index (κ1) is 12.7. The maximum atomic E-state index is 11.9. The van der Waals surface area contributed by atoms with Crippen LogP contribution in [0.3, 0.4) is 0 Å². The summed E-state index contributed by atoms with van der Waals surface area (Å²) in [5, 5.41) is 3.30. The minimum Gasteiger partial charge on any atom is -0.368 e. The van der Waals surface area contributed by atoms with Crippen LogP contribution >= 0.6 is 22.9 Å². The molecule has 0 unspecified atom stereocenters. The molecule has 0 saturated carbocycles. The molecule has 1 aliphatic heterocycles. The number of nitrogens with one attached hydrogen (secondary N) is 1. The second-order valence-electron chi connectivity index (χ2n) is 4.32. The van der Waals surface area contributed by atoms with Crippen LogP contribution in [0.2, 0.25) is 0 Å². The van der Waals surface area contributed by atoms with Crippen molar-refractivity contribution in [3.8, 4) is 10.7 Å². The normalized spacial score (nSPS) is 18.7. The molecule has 1 aliphatic rings. The highest BCUT2D eigenvalue weighted by Gasteiger charge is 2.24. The van der Waals surface area contributed by atoms with Crippen molar-refractivity contribution in [2.45, 2.75) is 25.9 Å². The Morgan fingerprint density at radius 1 is 1.53 bits per heavy atom. The van der Waals surface area contributed by atoms with Gasteiger partial charge in [0.1, 0.15) is 6.10 Å². The van der Waals surface area contributed by atoms with Gasteiger partial charge in [-0.25, -0.2) is 0 Å². The average molecular weight is 295 g/mol. The van der Waals surface area contributed by atoms with Crippen molar-refractivity contribution in [3.05, 3.63) is 17.0 Å². The summed E-state index contributed by atoms with van der Waals surface area (Å²) < 4.78 is 9.59. The zero-order valence-electron chi connectivity index (χ0n) is 10.4. The van der Waals surface area contributed by atoms with Crippen molar-refractivity contribution in [3.63, 3.8) is 0 Å². The van der Waals surface area contributed by atoms with E-state index in [0.717, 1.165) is 17.7 Å². The van der Waals surface area contributed by atoms with Gasteiger partial charge in [0.2, 0.25) is 5.13 Å². The summed E-state index contributed by atoms with van der Waals surface area (Å²) >= 11 is 2.84. The SMILES string of the molecule is Cc1ccc(-c2nsc(NC(=O)[C@@H]3CCCO3)n2)s1. The highest BCUT2D eigenvalue weighted by Crippen LogP contribution is 2.28. The van der Waals surface area contributed by atoms with Crippen LogP contribution in [0.1, 0.15) is 17.7 Å². The summed E-state index contributed by atoms with van der Waals surface area (Å²) in [7, 11) is 0. The van der Waals surface area contributed by atoms with E-state index in [1.54, 1.807) is 11.3 Å². The van der Waals surface area contributed by atoms with Crippen LogP contribution in [0.15, 0.2) is 12.1 Å². The van der Waals surface area contributed by atoms with Crippen molar-refractivity contribution >= 4 is 33.9 Å². The summed E-state index contributed by atoms with van der Waals surface area (Å²) in [4.78, 5) is 18.4. The van der Waals surface area contributed by atoms with Crippen molar-refractivity contribution in [1.29, 1.82) is 0 Å². The molecule has 1 fully saturated rings. The lowest BCUT2D eigenvalue weighted by Gasteiger charge is -2.07. The summed E-state index contributed by atoms with van der Waals surface area (Å²) in [5.41, 5.74) is 0. The number of aromatic nitrogens is 2. The Morgan fingerprint density at radius 2 is 2.42 bits per heavy atom. The predicted molar refractivity (Wildman–Crippen MR) is 75.6 cm³/mol. The lowest BCUT2D eigenvalue weighted by atomic mass is 10.2. The summed E-state index contributed by atoms with van der Waals surface area (Å²) in [5.74, 6) is 0.549. The number of anilines is 1. The van der Waals surface area contributed by atoms with E-state index in [0.29, 0.717) is 17.6 Å². The number of carbonyl (C=O) groups excluding carboxylic acids is 1. The minimum absolute atomic E-state index is 0.123. The van der Waals surface area contributed by atoms with Gasteiger partial charge in [0.25, 0.3) is 5.91 Å². The highest BCUT2D eigenvalue weighted by molar-refractivity contribution is 7.15. The molecule has 5 nitrogen and oxygen atoms in total. The van der Waals surface area contributed by atoms with E-state index in [2.05, 4.69) is 14.7 Å². The first-order valence-electron chi connectivity index (χ1n) is 6.05. The topological polar surface area (TPSA) is 64.1 Å². The third-order valence-corrected chi connectivity index (χ3v) is 4.47. The third-order valence-electron chi connectivity index (χ3n) is 2.84. The monoisotopic (exact) mass is 295 g/mol. The van der Waals surface area contributed by atoms with Gasteiger partial charge in [-0.1, -0.05) is 0 Å². The van der Waals surface area contributed by atoms with Crippen LogP contribution in [0.25, 0.3) is 10.7 Å². The standard InChI is InChI=1S/C12H13N3O2S2/c1-7-4-5-9(18-7)10-13-12(19-15-10)14-11(16)8-3-2-6-17-8/h4-5,8H,2-3,6H2,1H3,(H,13,14,15,16)/t8-/m0/s1. The fraction of sp³-hybridized carbons (Fsp3) is 0.417. The minimum atomic E-state index is -0.337. The number of carbonyl (C=O) groups is 1.